The maximum absolute atomic E-state index is 9.88. The zero-order chi connectivity index (χ0) is 14.6. The molecule has 3 heteroatoms. The van der Waals surface area contributed by atoms with Gasteiger partial charge in [-0.15, -0.1) is 0 Å². The van der Waals surface area contributed by atoms with Gasteiger partial charge in [0.15, 0.2) is 0 Å². The Labute approximate surface area is 119 Å². The molecule has 2 N–H and O–H groups in total. The van der Waals surface area contributed by atoms with Gasteiger partial charge in [0, 0.05) is 0 Å². The fourth-order valence-corrected chi connectivity index (χ4v) is 1.87. The van der Waals surface area contributed by atoms with E-state index in [1.807, 2.05) is 48.5 Å². The average Bonchev–Trinajstić information content (AvgIpc) is 2.45. The fourth-order valence-electron chi connectivity index (χ4n) is 1.87. The molecule has 0 fully saturated rings. The summed E-state index contributed by atoms with van der Waals surface area (Å²) in [5, 5.41) is 18.9. The van der Waals surface area contributed by atoms with Crippen molar-refractivity contribution in [3.63, 3.8) is 0 Å². The number of rotatable bonds is 5. The molecular weight excluding hydrogens is 252 g/mol. The molecule has 0 aliphatic carbocycles. The number of ether oxygens (including phenoxy) is 1. The van der Waals surface area contributed by atoms with Crippen LogP contribution in [-0.2, 0) is 18.8 Å². The van der Waals surface area contributed by atoms with Crippen molar-refractivity contribution in [3.05, 3.63) is 65.2 Å². The van der Waals surface area contributed by atoms with E-state index in [1.165, 1.54) is 0 Å². The predicted molar refractivity (Wildman–Crippen MR) is 78.4 cm³/mol. The molecule has 0 unspecified atom stereocenters. The van der Waals surface area contributed by atoms with E-state index in [-0.39, 0.29) is 6.61 Å². The molecule has 0 radical (unpaired) electrons. The van der Waals surface area contributed by atoms with Crippen molar-refractivity contribution in [1.82, 2.24) is 0 Å². The molecule has 0 atom stereocenters. The van der Waals surface area contributed by atoms with Crippen LogP contribution >= 0.6 is 0 Å². The summed E-state index contributed by atoms with van der Waals surface area (Å²) in [5.41, 5.74) is 1.97. The molecule has 0 saturated carbocycles. The van der Waals surface area contributed by atoms with Crippen molar-refractivity contribution < 1.29 is 14.9 Å². The third kappa shape index (κ3) is 3.83. The Morgan fingerprint density at radius 3 is 1.95 bits per heavy atom. The van der Waals surface area contributed by atoms with Gasteiger partial charge >= 0.3 is 0 Å². The van der Waals surface area contributed by atoms with Crippen LogP contribution in [0.15, 0.2) is 48.5 Å². The van der Waals surface area contributed by atoms with Gasteiger partial charge in [0.25, 0.3) is 0 Å². The molecule has 0 aliphatic rings. The number of benzene rings is 2. The highest BCUT2D eigenvalue weighted by molar-refractivity contribution is 5.30. The van der Waals surface area contributed by atoms with Crippen molar-refractivity contribution in [2.45, 2.75) is 32.7 Å². The minimum Gasteiger partial charge on any atom is -0.489 e. The van der Waals surface area contributed by atoms with E-state index in [4.69, 9.17) is 9.84 Å². The number of aliphatic hydroxyl groups excluding tert-OH is 1. The first-order chi connectivity index (χ1) is 9.49. The van der Waals surface area contributed by atoms with E-state index in [1.54, 1.807) is 13.8 Å². The topological polar surface area (TPSA) is 49.7 Å². The molecule has 0 spiro atoms. The van der Waals surface area contributed by atoms with Crippen LogP contribution < -0.4 is 4.74 Å². The molecule has 0 saturated heterocycles. The van der Waals surface area contributed by atoms with Gasteiger partial charge in [-0.25, -0.2) is 0 Å². The zero-order valence-electron chi connectivity index (χ0n) is 11.8. The molecule has 2 aromatic rings. The summed E-state index contributed by atoms with van der Waals surface area (Å²) in [7, 11) is 0. The van der Waals surface area contributed by atoms with Crippen LogP contribution in [0.1, 0.15) is 30.5 Å². The third-order valence-corrected chi connectivity index (χ3v) is 3.17. The highest BCUT2D eigenvalue weighted by Crippen LogP contribution is 2.22. The van der Waals surface area contributed by atoms with Crippen molar-refractivity contribution in [3.8, 4) is 5.75 Å². The van der Waals surface area contributed by atoms with E-state index in [9.17, 15) is 5.11 Å². The van der Waals surface area contributed by atoms with Crippen LogP contribution in [0.2, 0.25) is 0 Å². The largest absolute Gasteiger partial charge is 0.489 e. The molecule has 20 heavy (non-hydrogen) atoms. The predicted octanol–water partition coefficient (Wildman–Crippen LogP) is 2.99. The second-order valence-corrected chi connectivity index (χ2v) is 5.35. The highest BCUT2D eigenvalue weighted by atomic mass is 16.5. The Morgan fingerprint density at radius 2 is 1.45 bits per heavy atom. The van der Waals surface area contributed by atoms with Gasteiger partial charge in [0.05, 0.1) is 12.2 Å². The molecule has 0 aliphatic heterocycles. The van der Waals surface area contributed by atoms with Gasteiger partial charge in [0.2, 0.25) is 0 Å². The number of hydrogen-bond donors (Lipinski definition) is 2. The number of aliphatic hydroxyl groups is 2. The van der Waals surface area contributed by atoms with Gasteiger partial charge in [-0.2, -0.15) is 0 Å². The summed E-state index contributed by atoms with van der Waals surface area (Å²) in [5.74, 6) is 0.768. The fraction of sp³-hybridized carbons (Fsp3) is 0.294. The van der Waals surface area contributed by atoms with Crippen LogP contribution in [0.5, 0.6) is 5.75 Å². The van der Waals surface area contributed by atoms with Crippen molar-refractivity contribution in [2.24, 2.45) is 0 Å². The van der Waals surface area contributed by atoms with Crippen LogP contribution in [0.3, 0.4) is 0 Å². The number of hydrogen-bond acceptors (Lipinski definition) is 3. The summed E-state index contributed by atoms with van der Waals surface area (Å²) < 4.78 is 5.69. The summed E-state index contributed by atoms with van der Waals surface area (Å²) >= 11 is 0. The lowest BCUT2D eigenvalue weighted by atomic mass is 9.99. The standard InChI is InChI=1S/C17H20O3/c1-17(2,19)15-7-9-16(10-8-15)20-12-14-5-3-13(11-18)4-6-14/h3-10,18-19H,11-12H2,1-2H3. The smallest absolute Gasteiger partial charge is 0.119 e. The molecule has 106 valence electrons. The summed E-state index contributed by atoms with van der Waals surface area (Å²) in [4.78, 5) is 0. The van der Waals surface area contributed by atoms with E-state index >= 15 is 0 Å². The van der Waals surface area contributed by atoms with Gasteiger partial charge in [-0.05, 0) is 42.7 Å². The maximum Gasteiger partial charge on any atom is 0.119 e. The normalized spacial score (nSPS) is 11.4. The Kier molecular flexibility index (Phi) is 4.42. The van der Waals surface area contributed by atoms with E-state index < -0.39 is 5.60 Å². The summed E-state index contributed by atoms with van der Waals surface area (Å²) in [6.45, 7) is 4.05. The maximum atomic E-state index is 9.88. The van der Waals surface area contributed by atoms with Crippen LogP contribution in [0.4, 0.5) is 0 Å². The molecule has 0 bridgehead atoms. The van der Waals surface area contributed by atoms with Crippen LogP contribution in [0, 0.1) is 0 Å². The molecule has 0 amide bonds. The second-order valence-electron chi connectivity index (χ2n) is 5.35. The lowest BCUT2D eigenvalue weighted by Gasteiger charge is -2.18. The monoisotopic (exact) mass is 272 g/mol. The molecule has 3 nitrogen and oxygen atoms in total. The summed E-state index contributed by atoms with van der Waals surface area (Å²) in [6.07, 6.45) is 0. The molecule has 0 aromatic heterocycles. The summed E-state index contributed by atoms with van der Waals surface area (Å²) in [6, 6.07) is 15.1. The molecule has 2 aromatic carbocycles. The Hall–Kier alpha value is -1.84. The minimum absolute atomic E-state index is 0.0551. The third-order valence-electron chi connectivity index (χ3n) is 3.17. The van der Waals surface area contributed by atoms with Gasteiger partial charge in [-0.3, -0.25) is 0 Å². The molecule has 2 rings (SSSR count). The quantitative estimate of drug-likeness (QED) is 0.879. The van der Waals surface area contributed by atoms with Gasteiger partial charge in [-0.1, -0.05) is 36.4 Å². The van der Waals surface area contributed by atoms with Gasteiger partial charge < -0.3 is 14.9 Å². The Balaban J connectivity index is 1.96. The first-order valence-corrected chi connectivity index (χ1v) is 6.63. The minimum atomic E-state index is -0.835. The molecular formula is C17H20O3. The molecule has 0 heterocycles. The first-order valence-electron chi connectivity index (χ1n) is 6.63. The highest BCUT2D eigenvalue weighted by Gasteiger charge is 2.15. The second kappa shape index (κ2) is 6.07. The van der Waals surface area contributed by atoms with Crippen molar-refractivity contribution in [2.75, 3.05) is 0 Å². The zero-order valence-corrected chi connectivity index (χ0v) is 11.8. The van der Waals surface area contributed by atoms with Crippen molar-refractivity contribution in [1.29, 1.82) is 0 Å². The Morgan fingerprint density at radius 1 is 0.900 bits per heavy atom. The van der Waals surface area contributed by atoms with Gasteiger partial charge in [0.1, 0.15) is 12.4 Å². The SMILES string of the molecule is CC(C)(O)c1ccc(OCc2ccc(CO)cc2)cc1. The van der Waals surface area contributed by atoms with Crippen LogP contribution in [-0.4, -0.2) is 10.2 Å². The van der Waals surface area contributed by atoms with E-state index in [0.29, 0.717) is 6.61 Å². The lowest BCUT2D eigenvalue weighted by Crippen LogP contribution is -2.14. The Bertz CT molecular complexity index is 536. The lowest BCUT2D eigenvalue weighted by molar-refractivity contribution is 0.0785. The average molecular weight is 272 g/mol. The first kappa shape index (κ1) is 14.6. The van der Waals surface area contributed by atoms with E-state index in [0.717, 1.165) is 22.4 Å². The van der Waals surface area contributed by atoms with Crippen LogP contribution in [0.25, 0.3) is 0 Å². The van der Waals surface area contributed by atoms with Crippen molar-refractivity contribution >= 4 is 0 Å². The van der Waals surface area contributed by atoms with E-state index in [2.05, 4.69) is 0 Å².